The minimum atomic E-state index is -0.0789. The number of nitrogens with zero attached hydrogens (tertiary/aromatic N) is 2. The van der Waals surface area contributed by atoms with Gasteiger partial charge in [-0.25, -0.2) is 0 Å². The quantitative estimate of drug-likeness (QED) is 0.923. The maximum absolute atomic E-state index is 6.22. The fourth-order valence-corrected chi connectivity index (χ4v) is 2.57. The van der Waals surface area contributed by atoms with Gasteiger partial charge in [-0.05, 0) is 41.4 Å². The van der Waals surface area contributed by atoms with Gasteiger partial charge in [-0.1, -0.05) is 6.92 Å². The molecule has 0 spiro atoms. The summed E-state index contributed by atoms with van der Waals surface area (Å²) in [6, 6.07) is 3.96. The van der Waals surface area contributed by atoms with Gasteiger partial charge in [0.25, 0.3) is 0 Å². The molecule has 2 rings (SSSR count). The minimum absolute atomic E-state index is 0.0789. The number of rotatable bonds is 5. The van der Waals surface area contributed by atoms with Crippen molar-refractivity contribution in [1.29, 1.82) is 0 Å². The summed E-state index contributed by atoms with van der Waals surface area (Å²) in [6.07, 6.45) is 3.36. The first kappa shape index (κ1) is 13.4. The van der Waals surface area contributed by atoms with Crippen molar-refractivity contribution in [3.05, 3.63) is 40.0 Å². The second-order valence-corrected chi connectivity index (χ2v) is 4.98. The molecule has 0 saturated carbocycles. The maximum Gasteiger partial charge on any atom is 0.173 e. The van der Waals surface area contributed by atoms with E-state index in [1.54, 1.807) is 6.26 Å². The first-order valence-electron chi connectivity index (χ1n) is 6.19. The van der Waals surface area contributed by atoms with Crippen molar-refractivity contribution >= 4 is 15.9 Å². The van der Waals surface area contributed by atoms with Gasteiger partial charge in [-0.2, -0.15) is 5.10 Å². The zero-order valence-corrected chi connectivity index (χ0v) is 12.3. The molecule has 2 aromatic heterocycles. The van der Waals surface area contributed by atoms with Crippen LogP contribution < -0.4 is 5.73 Å². The van der Waals surface area contributed by atoms with Gasteiger partial charge < -0.3 is 10.2 Å². The largest absolute Gasteiger partial charge is 0.457 e. The van der Waals surface area contributed by atoms with Gasteiger partial charge in [0.1, 0.15) is 0 Å². The molecule has 4 nitrogen and oxygen atoms in total. The third-order valence-electron chi connectivity index (χ3n) is 3.05. The molecule has 5 heteroatoms. The monoisotopic (exact) mass is 311 g/mol. The molecule has 2 N–H and O–H groups in total. The third kappa shape index (κ3) is 2.67. The van der Waals surface area contributed by atoms with Crippen LogP contribution >= 0.6 is 15.9 Å². The molecule has 0 bridgehead atoms. The van der Waals surface area contributed by atoms with E-state index in [0.29, 0.717) is 4.67 Å². The van der Waals surface area contributed by atoms with Crippen LogP contribution in [0.3, 0.4) is 0 Å². The molecular weight excluding hydrogens is 294 g/mol. The van der Waals surface area contributed by atoms with Crippen molar-refractivity contribution in [3.63, 3.8) is 0 Å². The lowest BCUT2D eigenvalue weighted by atomic mass is 10.1. The second kappa shape index (κ2) is 5.71. The summed E-state index contributed by atoms with van der Waals surface area (Å²) in [5, 5.41) is 4.53. The Hall–Kier alpha value is -1.07. The Balaban J connectivity index is 2.18. The molecule has 1 atom stereocenters. The number of nitrogens with two attached hydrogens (primary N) is 1. The topological polar surface area (TPSA) is 57.0 Å². The van der Waals surface area contributed by atoms with Gasteiger partial charge in [0, 0.05) is 30.3 Å². The lowest BCUT2D eigenvalue weighted by molar-refractivity contribution is 0.527. The zero-order chi connectivity index (χ0) is 13.1. The summed E-state index contributed by atoms with van der Waals surface area (Å²) in [7, 11) is 0. The zero-order valence-electron chi connectivity index (χ0n) is 10.7. The first-order valence-corrected chi connectivity index (χ1v) is 6.99. The Morgan fingerprint density at radius 2 is 2.28 bits per heavy atom. The van der Waals surface area contributed by atoms with E-state index in [2.05, 4.69) is 40.9 Å². The molecule has 98 valence electrons. The molecule has 2 heterocycles. The number of aromatic nitrogens is 2. The van der Waals surface area contributed by atoms with E-state index in [4.69, 9.17) is 10.2 Å². The highest BCUT2D eigenvalue weighted by Gasteiger charge is 2.16. The average Bonchev–Trinajstić information content (AvgIpc) is 2.95. The van der Waals surface area contributed by atoms with Crippen LogP contribution in [0.5, 0.6) is 0 Å². The van der Waals surface area contributed by atoms with Crippen LogP contribution in [0.4, 0.5) is 0 Å². The average molecular weight is 312 g/mol. The molecule has 0 aliphatic carbocycles. The summed E-state index contributed by atoms with van der Waals surface area (Å²) in [4.78, 5) is 0. The lowest BCUT2D eigenvalue weighted by Gasteiger charge is -2.11. The van der Waals surface area contributed by atoms with Gasteiger partial charge >= 0.3 is 0 Å². The summed E-state index contributed by atoms with van der Waals surface area (Å²) < 4.78 is 7.96. The van der Waals surface area contributed by atoms with Crippen LogP contribution in [0.15, 0.2) is 27.5 Å². The van der Waals surface area contributed by atoms with E-state index < -0.39 is 0 Å². The van der Waals surface area contributed by atoms with Crippen molar-refractivity contribution in [2.24, 2.45) is 5.73 Å². The normalized spacial score (nSPS) is 12.9. The Bertz CT molecular complexity index is 518. The molecule has 0 fully saturated rings. The van der Waals surface area contributed by atoms with E-state index in [-0.39, 0.29) is 6.04 Å². The fourth-order valence-electron chi connectivity index (χ4n) is 2.03. The van der Waals surface area contributed by atoms with E-state index in [9.17, 15) is 0 Å². The number of hydrogen-bond acceptors (Lipinski definition) is 3. The van der Waals surface area contributed by atoms with Gasteiger partial charge in [0.05, 0.1) is 12.0 Å². The smallest absolute Gasteiger partial charge is 0.173 e. The molecule has 0 radical (unpaired) electrons. The lowest BCUT2D eigenvalue weighted by Crippen LogP contribution is -2.15. The van der Waals surface area contributed by atoms with Crippen molar-refractivity contribution in [2.75, 3.05) is 0 Å². The number of furan rings is 1. The van der Waals surface area contributed by atoms with Crippen molar-refractivity contribution in [1.82, 2.24) is 9.78 Å². The molecule has 1 unspecified atom stereocenters. The molecule has 18 heavy (non-hydrogen) atoms. The minimum Gasteiger partial charge on any atom is -0.457 e. The highest BCUT2D eigenvalue weighted by atomic mass is 79.9. The van der Waals surface area contributed by atoms with Crippen LogP contribution in [-0.4, -0.2) is 9.78 Å². The van der Waals surface area contributed by atoms with Crippen molar-refractivity contribution in [2.45, 2.75) is 39.3 Å². The molecular formula is C13H18BrN3O. The van der Waals surface area contributed by atoms with Crippen LogP contribution in [0, 0.1) is 0 Å². The Morgan fingerprint density at radius 1 is 1.50 bits per heavy atom. The molecule has 0 aromatic carbocycles. The van der Waals surface area contributed by atoms with Crippen LogP contribution in [0.1, 0.15) is 36.8 Å². The van der Waals surface area contributed by atoms with Gasteiger partial charge in [-0.15, -0.1) is 0 Å². The van der Waals surface area contributed by atoms with Gasteiger partial charge in [0.2, 0.25) is 0 Å². The summed E-state index contributed by atoms with van der Waals surface area (Å²) in [5.74, 6) is 0. The number of halogens is 1. The predicted molar refractivity (Wildman–Crippen MR) is 74.3 cm³/mol. The third-order valence-corrected chi connectivity index (χ3v) is 3.70. The van der Waals surface area contributed by atoms with Crippen LogP contribution in [0.2, 0.25) is 0 Å². The van der Waals surface area contributed by atoms with Crippen molar-refractivity contribution < 1.29 is 4.42 Å². The highest BCUT2D eigenvalue weighted by Crippen LogP contribution is 2.25. The first-order chi connectivity index (χ1) is 8.65. The maximum atomic E-state index is 6.22. The highest BCUT2D eigenvalue weighted by molar-refractivity contribution is 9.10. The van der Waals surface area contributed by atoms with E-state index in [1.165, 1.54) is 5.69 Å². The summed E-state index contributed by atoms with van der Waals surface area (Å²) in [5.41, 5.74) is 9.50. The Kier molecular flexibility index (Phi) is 4.24. The van der Waals surface area contributed by atoms with E-state index in [0.717, 1.165) is 30.6 Å². The van der Waals surface area contributed by atoms with Gasteiger partial charge in [-0.3, -0.25) is 4.68 Å². The second-order valence-electron chi connectivity index (χ2n) is 4.26. The molecule has 2 aromatic rings. The molecule has 0 amide bonds. The SMILES string of the molecule is CCc1cc(CC(N)c2ccoc2Br)n(CC)n1. The Labute approximate surface area is 115 Å². The van der Waals surface area contributed by atoms with Crippen molar-refractivity contribution in [3.8, 4) is 0 Å². The summed E-state index contributed by atoms with van der Waals surface area (Å²) >= 11 is 3.37. The van der Waals surface area contributed by atoms with E-state index in [1.807, 2.05) is 10.7 Å². The molecule has 0 aliphatic rings. The standard InChI is InChI=1S/C13H18BrN3O/c1-3-9-7-10(17(4-2)16-9)8-12(15)11-5-6-18-13(11)14/h5-7,12H,3-4,8,15H2,1-2H3. The van der Waals surface area contributed by atoms with E-state index >= 15 is 0 Å². The van der Waals surface area contributed by atoms with Crippen LogP contribution in [-0.2, 0) is 19.4 Å². The Morgan fingerprint density at radius 3 is 2.83 bits per heavy atom. The van der Waals surface area contributed by atoms with Gasteiger partial charge in [0.15, 0.2) is 4.67 Å². The number of hydrogen-bond donors (Lipinski definition) is 1. The predicted octanol–water partition coefficient (Wildman–Crippen LogP) is 3.06. The number of aryl methyl sites for hydroxylation is 2. The fraction of sp³-hybridized carbons (Fsp3) is 0.462. The molecule has 0 aliphatic heterocycles. The molecule has 0 saturated heterocycles. The van der Waals surface area contributed by atoms with Crippen LogP contribution in [0.25, 0.3) is 0 Å². The summed E-state index contributed by atoms with van der Waals surface area (Å²) in [6.45, 7) is 5.07.